The van der Waals surface area contributed by atoms with Crippen LogP contribution in [-0.2, 0) is 13.0 Å². The number of nitrogens with zero attached hydrogens (tertiary/aromatic N) is 5. The SMILES string of the molecule is Cc1cnc(C(=O)N2CCC(Cc3nc(C)ncc3C(=O)NCc3ccccc3)CC2)cn1. The summed E-state index contributed by atoms with van der Waals surface area (Å²) in [7, 11) is 0. The Morgan fingerprint density at radius 3 is 2.45 bits per heavy atom. The Balaban J connectivity index is 1.37. The molecule has 0 atom stereocenters. The number of hydrogen-bond donors (Lipinski definition) is 1. The van der Waals surface area contributed by atoms with Crippen LogP contribution in [0.15, 0.2) is 48.9 Å². The summed E-state index contributed by atoms with van der Waals surface area (Å²) >= 11 is 0. The predicted octanol–water partition coefficient (Wildman–Crippen LogP) is 2.91. The van der Waals surface area contributed by atoms with Gasteiger partial charge in [-0.25, -0.2) is 15.0 Å². The van der Waals surface area contributed by atoms with Crippen LogP contribution >= 0.6 is 0 Å². The van der Waals surface area contributed by atoms with Gasteiger partial charge in [-0.3, -0.25) is 14.6 Å². The Hall–Kier alpha value is -3.68. The van der Waals surface area contributed by atoms with E-state index in [1.807, 2.05) is 49.1 Å². The molecule has 0 aliphatic carbocycles. The molecule has 0 saturated carbocycles. The molecule has 8 heteroatoms. The molecule has 1 saturated heterocycles. The summed E-state index contributed by atoms with van der Waals surface area (Å²) in [6.07, 6.45) is 7.14. The molecule has 1 aliphatic heterocycles. The van der Waals surface area contributed by atoms with E-state index in [4.69, 9.17) is 0 Å². The molecule has 0 bridgehead atoms. The molecule has 0 unspecified atom stereocenters. The molecule has 1 aliphatic rings. The lowest BCUT2D eigenvalue weighted by molar-refractivity contribution is 0.0683. The summed E-state index contributed by atoms with van der Waals surface area (Å²) < 4.78 is 0. The highest BCUT2D eigenvalue weighted by Gasteiger charge is 2.26. The molecule has 33 heavy (non-hydrogen) atoms. The third kappa shape index (κ3) is 5.77. The van der Waals surface area contributed by atoms with Crippen molar-refractivity contribution in [3.8, 4) is 0 Å². The lowest BCUT2D eigenvalue weighted by Crippen LogP contribution is -2.39. The maximum atomic E-state index is 12.9. The van der Waals surface area contributed by atoms with Crippen LogP contribution in [0.25, 0.3) is 0 Å². The molecule has 0 radical (unpaired) electrons. The van der Waals surface area contributed by atoms with Crippen molar-refractivity contribution in [1.82, 2.24) is 30.2 Å². The summed E-state index contributed by atoms with van der Waals surface area (Å²) in [5.74, 6) is 0.738. The molecular weight excluding hydrogens is 416 g/mol. The van der Waals surface area contributed by atoms with Gasteiger partial charge in [-0.1, -0.05) is 30.3 Å². The first-order valence-electron chi connectivity index (χ1n) is 11.2. The molecule has 4 rings (SSSR count). The van der Waals surface area contributed by atoms with Crippen LogP contribution in [0.3, 0.4) is 0 Å². The summed E-state index contributed by atoms with van der Waals surface area (Å²) in [6, 6.07) is 9.80. The monoisotopic (exact) mass is 444 g/mol. The van der Waals surface area contributed by atoms with Crippen LogP contribution in [0.4, 0.5) is 0 Å². The van der Waals surface area contributed by atoms with Crippen molar-refractivity contribution in [2.24, 2.45) is 5.92 Å². The van der Waals surface area contributed by atoms with Crippen LogP contribution in [0.1, 0.15) is 56.5 Å². The smallest absolute Gasteiger partial charge is 0.274 e. The van der Waals surface area contributed by atoms with Gasteiger partial charge in [0.1, 0.15) is 11.5 Å². The quantitative estimate of drug-likeness (QED) is 0.627. The van der Waals surface area contributed by atoms with Gasteiger partial charge in [0.25, 0.3) is 11.8 Å². The van der Waals surface area contributed by atoms with Crippen LogP contribution in [0.2, 0.25) is 0 Å². The molecule has 8 nitrogen and oxygen atoms in total. The highest BCUT2D eigenvalue weighted by Crippen LogP contribution is 2.23. The van der Waals surface area contributed by atoms with Crippen molar-refractivity contribution in [3.63, 3.8) is 0 Å². The minimum Gasteiger partial charge on any atom is -0.348 e. The number of benzene rings is 1. The van der Waals surface area contributed by atoms with E-state index in [0.29, 0.717) is 49.1 Å². The lowest BCUT2D eigenvalue weighted by Gasteiger charge is -2.31. The number of rotatable bonds is 6. The highest BCUT2D eigenvalue weighted by molar-refractivity contribution is 5.95. The number of amides is 2. The van der Waals surface area contributed by atoms with Crippen molar-refractivity contribution >= 4 is 11.8 Å². The summed E-state index contributed by atoms with van der Waals surface area (Å²) in [4.78, 5) is 44.6. The van der Waals surface area contributed by atoms with Gasteiger partial charge in [0, 0.05) is 32.0 Å². The minimum atomic E-state index is -0.167. The molecule has 2 aromatic heterocycles. The van der Waals surface area contributed by atoms with Crippen LogP contribution in [0, 0.1) is 19.8 Å². The van der Waals surface area contributed by atoms with Crippen LogP contribution < -0.4 is 5.32 Å². The van der Waals surface area contributed by atoms with Gasteiger partial charge >= 0.3 is 0 Å². The standard InChI is InChI=1S/C25H28N6O2/c1-17-13-28-23(16-26-17)25(33)31-10-8-19(9-11-31)12-22-21(15-27-18(2)30-22)24(32)29-14-20-6-4-3-5-7-20/h3-7,13,15-16,19H,8-12,14H2,1-2H3,(H,29,32). The second-order valence-electron chi connectivity index (χ2n) is 8.43. The van der Waals surface area contributed by atoms with Gasteiger partial charge in [0.05, 0.1) is 23.1 Å². The van der Waals surface area contributed by atoms with Gasteiger partial charge in [0.2, 0.25) is 0 Å². The van der Waals surface area contributed by atoms with E-state index in [1.165, 1.54) is 6.20 Å². The summed E-state index contributed by atoms with van der Waals surface area (Å²) in [5, 5.41) is 2.97. The number of aryl methyl sites for hydroxylation is 2. The fourth-order valence-electron chi connectivity index (χ4n) is 4.01. The Kier molecular flexibility index (Phi) is 7.02. The molecule has 1 N–H and O–H groups in total. The third-order valence-electron chi connectivity index (χ3n) is 5.91. The van der Waals surface area contributed by atoms with Crippen molar-refractivity contribution < 1.29 is 9.59 Å². The van der Waals surface area contributed by atoms with Gasteiger partial charge in [-0.05, 0) is 44.6 Å². The molecule has 3 heterocycles. The molecule has 3 aromatic rings. The third-order valence-corrected chi connectivity index (χ3v) is 5.91. The number of likely N-dealkylation sites (tertiary alicyclic amines) is 1. The van der Waals surface area contributed by atoms with Crippen molar-refractivity contribution in [2.45, 2.75) is 39.7 Å². The fraction of sp³-hybridized carbons (Fsp3) is 0.360. The highest BCUT2D eigenvalue weighted by atomic mass is 16.2. The van der Waals surface area contributed by atoms with E-state index < -0.39 is 0 Å². The van der Waals surface area contributed by atoms with Crippen molar-refractivity contribution in [2.75, 3.05) is 13.1 Å². The Morgan fingerprint density at radius 1 is 1.00 bits per heavy atom. The first-order valence-corrected chi connectivity index (χ1v) is 11.2. The largest absolute Gasteiger partial charge is 0.348 e. The topological polar surface area (TPSA) is 101 Å². The van der Waals surface area contributed by atoms with Gasteiger partial charge in [0.15, 0.2) is 0 Å². The van der Waals surface area contributed by atoms with E-state index in [-0.39, 0.29) is 11.8 Å². The first-order chi connectivity index (χ1) is 16.0. The van der Waals surface area contributed by atoms with Crippen molar-refractivity contribution in [3.05, 3.63) is 83.0 Å². The van der Waals surface area contributed by atoms with E-state index in [0.717, 1.165) is 29.8 Å². The molecular formula is C25H28N6O2. The zero-order valence-corrected chi connectivity index (χ0v) is 19.0. The average molecular weight is 445 g/mol. The lowest BCUT2D eigenvalue weighted by atomic mass is 9.90. The minimum absolute atomic E-state index is 0.0835. The maximum Gasteiger partial charge on any atom is 0.274 e. The number of carbonyl (C=O) groups is 2. The number of aromatic nitrogens is 4. The van der Waals surface area contributed by atoms with E-state index in [2.05, 4.69) is 25.3 Å². The van der Waals surface area contributed by atoms with Gasteiger partial charge in [-0.2, -0.15) is 0 Å². The predicted molar refractivity (Wildman–Crippen MR) is 123 cm³/mol. The molecule has 1 fully saturated rings. The summed E-state index contributed by atoms with van der Waals surface area (Å²) in [5.41, 5.74) is 3.49. The zero-order chi connectivity index (χ0) is 23.2. The van der Waals surface area contributed by atoms with E-state index in [1.54, 1.807) is 12.4 Å². The molecule has 0 spiro atoms. The maximum absolute atomic E-state index is 12.9. The Labute approximate surface area is 193 Å². The Morgan fingerprint density at radius 2 is 1.76 bits per heavy atom. The van der Waals surface area contributed by atoms with Crippen LogP contribution in [-0.4, -0.2) is 49.7 Å². The van der Waals surface area contributed by atoms with Crippen molar-refractivity contribution in [1.29, 1.82) is 0 Å². The second kappa shape index (κ2) is 10.3. The summed E-state index contributed by atoms with van der Waals surface area (Å²) in [6.45, 7) is 5.43. The van der Waals surface area contributed by atoms with E-state index in [9.17, 15) is 9.59 Å². The van der Waals surface area contributed by atoms with Gasteiger partial charge in [-0.15, -0.1) is 0 Å². The van der Waals surface area contributed by atoms with E-state index >= 15 is 0 Å². The van der Waals surface area contributed by atoms with Crippen LogP contribution in [0.5, 0.6) is 0 Å². The second-order valence-corrected chi connectivity index (χ2v) is 8.43. The zero-order valence-electron chi connectivity index (χ0n) is 19.0. The normalized spacial score (nSPS) is 14.2. The van der Waals surface area contributed by atoms with Gasteiger partial charge < -0.3 is 10.2 Å². The molecule has 1 aromatic carbocycles. The number of hydrogen-bond acceptors (Lipinski definition) is 6. The molecule has 170 valence electrons. The molecule has 2 amide bonds. The Bertz CT molecular complexity index is 1110. The number of piperidine rings is 1. The first kappa shape index (κ1) is 22.5. The number of nitrogens with one attached hydrogen (secondary N) is 1. The fourth-order valence-corrected chi connectivity index (χ4v) is 4.01. The average Bonchev–Trinajstić information content (AvgIpc) is 2.84. The number of carbonyl (C=O) groups excluding carboxylic acids is 2.